The molecular formula is C10H15NO2S. The molecule has 0 bridgehead atoms. The van der Waals surface area contributed by atoms with E-state index in [4.69, 9.17) is 4.42 Å². The molecule has 1 heterocycles. The Morgan fingerprint density at radius 3 is 2.93 bits per heavy atom. The van der Waals surface area contributed by atoms with E-state index in [1.54, 1.807) is 30.0 Å². The Bertz CT molecular complexity index is 284. The molecule has 0 aromatic carbocycles. The summed E-state index contributed by atoms with van der Waals surface area (Å²) in [6.45, 7) is 2.45. The Morgan fingerprint density at radius 2 is 2.43 bits per heavy atom. The predicted molar refractivity (Wildman–Crippen MR) is 58.2 cm³/mol. The van der Waals surface area contributed by atoms with Crippen molar-refractivity contribution in [1.29, 1.82) is 0 Å². The van der Waals surface area contributed by atoms with Crippen LogP contribution in [0.25, 0.3) is 0 Å². The second-order valence-electron chi connectivity index (χ2n) is 3.15. The molecule has 1 unspecified atom stereocenters. The highest BCUT2D eigenvalue weighted by Crippen LogP contribution is 2.11. The van der Waals surface area contributed by atoms with Crippen molar-refractivity contribution in [3.63, 3.8) is 0 Å². The first kappa shape index (κ1) is 11.2. The third kappa shape index (κ3) is 2.80. The SMILES string of the molecule is CSC(C)C(=O)N(C)Cc1ccco1. The van der Waals surface area contributed by atoms with Crippen molar-refractivity contribution in [3.05, 3.63) is 24.2 Å². The van der Waals surface area contributed by atoms with Crippen LogP contribution in [0.15, 0.2) is 22.8 Å². The van der Waals surface area contributed by atoms with E-state index in [1.807, 2.05) is 25.3 Å². The summed E-state index contributed by atoms with van der Waals surface area (Å²) >= 11 is 1.55. The van der Waals surface area contributed by atoms with Gasteiger partial charge in [-0.15, -0.1) is 0 Å². The van der Waals surface area contributed by atoms with Gasteiger partial charge in [0.15, 0.2) is 0 Å². The zero-order chi connectivity index (χ0) is 10.6. The fraction of sp³-hybridized carbons (Fsp3) is 0.500. The van der Waals surface area contributed by atoms with Gasteiger partial charge < -0.3 is 9.32 Å². The second-order valence-corrected chi connectivity index (χ2v) is 4.33. The molecule has 78 valence electrons. The molecule has 1 atom stereocenters. The first-order chi connectivity index (χ1) is 6.65. The largest absolute Gasteiger partial charge is 0.467 e. The first-order valence-electron chi connectivity index (χ1n) is 4.45. The molecular weight excluding hydrogens is 198 g/mol. The molecule has 4 heteroatoms. The fourth-order valence-corrected chi connectivity index (χ4v) is 1.51. The molecule has 0 aliphatic rings. The van der Waals surface area contributed by atoms with Crippen molar-refractivity contribution in [2.45, 2.75) is 18.7 Å². The van der Waals surface area contributed by atoms with Gasteiger partial charge >= 0.3 is 0 Å². The van der Waals surface area contributed by atoms with Crippen LogP contribution in [0.2, 0.25) is 0 Å². The van der Waals surface area contributed by atoms with Gasteiger partial charge in [-0.25, -0.2) is 0 Å². The third-order valence-electron chi connectivity index (χ3n) is 2.05. The second kappa shape index (κ2) is 5.10. The summed E-state index contributed by atoms with van der Waals surface area (Å²) in [6.07, 6.45) is 3.55. The van der Waals surface area contributed by atoms with Gasteiger partial charge in [0.05, 0.1) is 18.1 Å². The normalized spacial score (nSPS) is 12.5. The lowest BCUT2D eigenvalue weighted by molar-refractivity contribution is -0.129. The smallest absolute Gasteiger partial charge is 0.235 e. The zero-order valence-electron chi connectivity index (χ0n) is 8.69. The van der Waals surface area contributed by atoms with Gasteiger partial charge in [-0.2, -0.15) is 11.8 Å². The number of nitrogens with zero attached hydrogens (tertiary/aromatic N) is 1. The maximum atomic E-state index is 11.7. The van der Waals surface area contributed by atoms with Gasteiger partial charge in [-0.1, -0.05) is 0 Å². The Kier molecular flexibility index (Phi) is 4.07. The van der Waals surface area contributed by atoms with Crippen LogP contribution in [-0.4, -0.2) is 29.4 Å². The van der Waals surface area contributed by atoms with Crippen molar-refractivity contribution in [2.75, 3.05) is 13.3 Å². The van der Waals surface area contributed by atoms with Gasteiger partial charge in [0, 0.05) is 7.05 Å². The topological polar surface area (TPSA) is 33.5 Å². The number of hydrogen-bond donors (Lipinski definition) is 0. The molecule has 1 amide bonds. The van der Waals surface area contributed by atoms with E-state index in [1.165, 1.54) is 0 Å². The minimum atomic E-state index is 0.00922. The Morgan fingerprint density at radius 1 is 1.71 bits per heavy atom. The summed E-state index contributed by atoms with van der Waals surface area (Å²) in [7, 11) is 1.79. The van der Waals surface area contributed by atoms with Crippen LogP contribution in [0, 0.1) is 0 Å². The molecule has 0 spiro atoms. The van der Waals surface area contributed by atoms with Crippen molar-refractivity contribution < 1.29 is 9.21 Å². The quantitative estimate of drug-likeness (QED) is 0.767. The molecule has 0 aliphatic carbocycles. The average molecular weight is 213 g/mol. The lowest BCUT2D eigenvalue weighted by Crippen LogP contribution is -2.32. The highest BCUT2D eigenvalue weighted by molar-refractivity contribution is 7.99. The van der Waals surface area contributed by atoms with Gasteiger partial charge in [0.25, 0.3) is 0 Å². The lowest BCUT2D eigenvalue weighted by Gasteiger charge is -2.18. The Hall–Kier alpha value is -0.900. The predicted octanol–water partition coefficient (Wildman–Crippen LogP) is 1.99. The summed E-state index contributed by atoms with van der Waals surface area (Å²) in [6, 6.07) is 3.69. The van der Waals surface area contributed by atoms with Crippen LogP contribution < -0.4 is 0 Å². The highest BCUT2D eigenvalue weighted by Gasteiger charge is 2.16. The molecule has 0 radical (unpaired) electrons. The van der Waals surface area contributed by atoms with E-state index in [9.17, 15) is 4.79 Å². The highest BCUT2D eigenvalue weighted by atomic mass is 32.2. The van der Waals surface area contributed by atoms with Crippen molar-refractivity contribution in [1.82, 2.24) is 4.90 Å². The van der Waals surface area contributed by atoms with Crippen LogP contribution in [-0.2, 0) is 11.3 Å². The molecule has 0 N–H and O–H groups in total. The molecule has 0 saturated heterocycles. The van der Waals surface area contributed by atoms with Crippen LogP contribution in [0.4, 0.5) is 0 Å². The minimum Gasteiger partial charge on any atom is -0.467 e. The Balaban J connectivity index is 2.50. The number of furan rings is 1. The zero-order valence-corrected chi connectivity index (χ0v) is 9.50. The molecule has 1 aromatic heterocycles. The van der Waals surface area contributed by atoms with Crippen molar-refractivity contribution in [3.8, 4) is 0 Å². The number of carbonyl (C=O) groups is 1. The number of hydrogen-bond acceptors (Lipinski definition) is 3. The Labute approximate surface area is 88.5 Å². The first-order valence-corrected chi connectivity index (χ1v) is 5.74. The lowest BCUT2D eigenvalue weighted by atomic mass is 10.3. The number of thioether (sulfide) groups is 1. The molecule has 1 rings (SSSR count). The van der Waals surface area contributed by atoms with Gasteiger partial charge in [-0.3, -0.25) is 4.79 Å². The molecule has 14 heavy (non-hydrogen) atoms. The average Bonchev–Trinajstić information content (AvgIpc) is 2.68. The van der Waals surface area contributed by atoms with Gasteiger partial charge in [0.1, 0.15) is 5.76 Å². The summed E-state index contributed by atoms with van der Waals surface area (Å²) in [5.74, 6) is 0.947. The van der Waals surface area contributed by atoms with E-state index in [0.717, 1.165) is 5.76 Å². The minimum absolute atomic E-state index is 0.00922. The van der Waals surface area contributed by atoms with E-state index in [2.05, 4.69) is 0 Å². The molecule has 1 aromatic rings. The number of carbonyl (C=O) groups excluding carboxylic acids is 1. The van der Waals surface area contributed by atoms with Gasteiger partial charge in [0.2, 0.25) is 5.91 Å². The van der Waals surface area contributed by atoms with Crippen LogP contribution in [0.3, 0.4) is 0 Å². The number of amides is 1. The van der Waals surface area contributed by atoms with E-state index < -0.39 is 0 Å². The summed E-state index contributed by atoms with van der Waals surface area (Å²) < 4.78 is 5.17. The maximum absolute atomic E-state index is 11.7. The van der Waals surface area contributed by atoms with Crippen LogP contribution in [0.5, 0.6) is 0 Å². The van der Waals surface area contributed by atoms with Crippen molar-refractivity contribution in [2.24, 2.45) is 0 Å². The van der Waals surface area contributed by atoms with Crippen molar-refractivity contribution >= 4 is 17.7 Å². The summed E-state index contributed by atoms with van der Waals surface area (Å²) in [4.78, 5) is 13.3. The maximum Gasteiger partial charge on any atom is 0.235 e. The van der Waals surface area contributed by atoms with Crippen LogP contribution in [0.1, 0.15) is 12.7 Å². The molecule has 0 saturated carbocycles. The summed E-state index contributed by atoms with van der Waals surface area (Å²) in [5, 5.41) is 0.00922. The van der Waals surface area contributed by atoms with E-state index in [-0.39, 0.29) is 11.2 Å². The van der Waals surface area contributed by atoms with E-state index >= 15 is 0 Å². The monoisotopic (exact) mass is 213 g/mol. The fourth-order valence-electron chi connectivity index (χ4n) is 1.13. The third-order valence-corrected chi connectivity index (χ3v) is 2.96. The van der Waals surface area contributed by atoms with Crippen LogP contribution >= 0.6 is 11.8 Å². The molecule has 3 nitrogen and oxygen atoms in total. The molecule has 0 aliphatic heterocycles. The standard InChI is InChI=1S/C10H15NO2S/c1-8(14-3)10(12)11(2)7-9-5-4-6-13-9/h4-6,8H,7H2,1-3H3. The number of rotatable bonds is 4. The van der Waals surface area contributed by atoms with E-state index in [0.29, 0.717) is 6.54 Å². The summed E-state index contributed by atoms with van der Waals surface area (Å²) in [5.41, 5.74) is 0. The van der Waals surface area contributed by atoms with Gasteiger partial charge in [-0.05, 0) is 25.3 Å². The molecule has 0 fully saturated rings.